The number of esters is 1. The molecule has 1 aromatic carbocycles. The zero-order chi connectivity index (χ0) is 16.0. The van der Waals surface area contributed by atoms with Gasteiger partial charge in [-0.2, -0.15) is 5.10 Å². The predicted octanol–water partition coefficient (Wildman–Crippen LogP) is 1.20. The molecule has 2 aliphatic heterocycles. The van der Waals surface area contributed by atoms with Crippen LogP contribution in [0.3, 0.4) is 0 Å². The molecule has 0 saturated carbocycles. The number of fused-ring (bicyclic) bond motifs is 1. The average molecular weight is 431 g/mol. The van der Waals surface area contributed by atoms with Gasteiger partial charge in [-0.25, -0.2) is 9.69 Å². The number of hydrogen-bond donors (Lipinski definition) is 1. The average Bonchev–Trinajstić information content (AvgIpc) is 3.01. The first-order valence-electron chi connectivity index (χ1n) is 6.20. The van der Waals surface area contributed by atoms with Gasteiger partial charge >= 0.3 is 5.97 Å². The number of nitrogens with one attached hydrogen (secondary N) is 1. The van der Waals surface area contributed by atoms with Gasteiger partial charge in [0, 0.05) is 8.95 Å². The summed E-state index contributed by atoms with van der Waals surface area (Å²) in [6.07, 6.45) is 0. The van der Waals surface area contributed by atoms with Gasteiger partial charge in [-0.1, -0.05) is 15.9 Å². The van der Waals surface area contributed by atoms with Crippen molar-refractivity contribution in [3.8, 4) is 0 Å². The van der Waals surface area contributed by atoms with Gasteiger partial charge in [0.15, 0.2) is 5.71 Å². The van der Waals surface area contributed by atoms with Crippen molar-refractivity contribution in [2.75, 3.05) is 12.0 Å². The first-order valence-corrected chi connectivity index (χ1v) is 7.78. The molecule has 2 unspecified atom stereocenters. The summed E-state index contributed by atoms with van der Waals surface area (Å²) in [5.74, 6) is -2.65. The molecular weight excluding hydrogens is 422 g/mol. The van der Waals surface area contributed by atoms with Crippen molar-refractivity contribution in [1.82, 2.24) is 5.43 Å². The quantitative estimate of drug-likeness (QED) is 0.562. The summed E-state index contributed by atoms with van der Waals surface area (Å²) in [6, 6.07) is 4.21. The molecule has 1 saturated heterocycles. The Morgan fingerprint density at radius 3 is 2.68 bits per heavy atom. The second kappa shape index (κ2) is 5.47. The number of hydrogen-bond acceptors (Lipinski definition) is 6. The molecule has 2 heterocycles. The van der Waals surface area contributed by atoms with E-state index in [1.807, 2.05) is 0 Å². The highest BCUT2D eigenvalue weighted by atomic mass is 79.9. The molecule has 1 N–H and O–H groups in total. The lowest BCUT2D eigenvalue weighted by atomic mass is 9.99. The number of hydrazone groups is 1. The maximum absolute atomic E-state index is 12.6. The lowest BCUT2D eigenvalue weighted by molar-refractivity contribution is -0.133. The lowest BCUT2D eigenvalue weighted by Crippen LogP contribution is -2.36. The number of benzene rings is 1. The van der Waals surface area contributed by atoms with Crippen molar-refractivity contribution in [3.63, 3.8) is 0 Å². The monoisotopic (exact) mass is 429 g/mol. The van der Waals surface area contributed by atoms with E-state index in [4.69, 9.17) is 0 Å². The van der Waals surface area contributed by atoms with Crippen molar-refractivity contribution in [1.29, 1.82) is 0 Å². The number of halogens is 2. The molecule has 2 atom stereocenters. The Hall–Kier alpha value is -1.74. The summed E-state index contributed by atoms with van der Waals surface area (Å²) in [6.45, 7) is 0. The predicted molar refractivity (Wildman–Crippen MR) is 84.2 cm³/mol. The SMILES string of the molecule is COC(=O)C1=NNC2C(=O)N(c3ccc(Br)cc3Br)C(=O)C12. The summed E-state index contributed by atoms with van der Waals surface area (Å²) in [4.78, 5) is 37.8. The van der Waals surface area contributed by atoms with E-state index in [0.29, 0.717) is 10.2 Å². The van der Waals surface area contributed by atoms with Crippen LogP contribution >= 0.6 is 31.9 Å². The molecule has 9 heteroatoms. The highest BCUT2D eigenvalue weighted by molar-refractivity contribution is 9.11. The molecule has 1 fully saturated rings. The topological polar surface area (TPSA) is 88.1 Å². The summed E-state index contributed by atoms with van der Waals surface area (Å²) in [5, 5.41) is 3.76. The first-order chi connectivity index (χ1) is 10.5. The van der Waals surface area contributed by atoms with Gasteiger partial charge in [-0.3, -0.25) is 15.0 Å². The third kappa shape index (κ3) is 2.15. The smallest absolute Gasteiger partial charge is 0.355 e. The minimum Gasteiger partial charge on any atom is -0.464 e. The molecule has 114 valence electrons. The van der Waals surface area contributed by atoms with Crippen LogP contribution in [0.2, 0.25) is 0 Å². The molecule has 1 aromatic rings. The number of ether oxygens (including phenoxy) is 1. The maximum atomic E-state index is 12.6. The van der Waals surface area contributed by atoms with Gasteiger partial charge in [-0.15, -0.1) is 0 Å². The Morgan fingerprint density at radius 2 is 2.05 bits per heavy atom. The maximum Gasteiger partial charge on any atom is 0.355 e. The normalized spacial score (nSPS) is 23.2. The Kier molecular flexibility index (Phi) is 3.77. The minimum absolute atomic E-state index is 0.0819. The van der Waals surface area contributed by atoms with Crippen molar-refractivity contribution in [3.05, 3.63) is 27.1 Å². The van der Waals surface area contributed by atoms with E-state index in [2.05, 4.69) is 47.1 Å². The van der Waals surface area contributed by atoms with E-state index < -0.39 is 29.7 Å². The van der Waals surface area contributed by atoms with E-state index >= 15 is 0 Å². The number of imide groups is 1. The summed E-state index contributed by atoms with van der Waals surface area (Å²) < 4.78 is 5.99. The van der Waals surface area contributed by atoms with Crippen molar-refractivity contribution < 1.29 is 19.1 Å². The van der Waals surface area contributed by atoms with E-state index in [9.17, 15) is 14.4 Å². The van der Waals surface area contributed by atoms with Gasteiger partial charge in [0.05, 0.1) is 12.8 Å². The molecule has 2 amide bonds. The highest BCUT2D eigenvalue weighted by Gasteiger charge is 2.56. The molecule has 22 heavy (non-hydrogen) atoms. The zero-order valence-corrected chi connectivity index (χ0v) is 14.3. The summed E-state index contributed by atoms with van der Waals surface area (Å²) in [5.41, 5.74) is 2.88. The standard InChI is InChI=1S/C13H9Br2N3O4/c1-22-13(21)10-8-9(16-17-10)12(20)18(11(8)19)7-3-2-5(14)4-6(7)15/h2-4,8-9,16H,1H3. The second-order valence-electron chi connectivity index (χ2n) is 4.68. The number of amides is 2. The van der Waals surface area contributed by atoms with E-state index in [1.165, 1.54) is 7.11 Å². The van der Waals surface area contributed by atoms with Gasteiger partial charge < -0.3 is 4.74 Å². The van der Waals surface area contributed by atoms with Crippen molar-refractivity contribution in [2.45, 2.75) is 6.04 Å². The number of rotatable bonds is 2. The zero-order valence-electron chi connectivity index (χ0n) is 11.2. The number of carbonyl (C=O) groups is 3. The van der Waals surface area contributed by atoms with Crippen LogP contribution < -0.4 is 10.3 Å². The number of methoxy groups -OCH3 is 1. The number of anilines is 1. The Labute approximate surface area is 141 Å². The summed E-state index contributed by atoms with van der Waals surface area (Å²) >= 11 is 6.64. The van der Waals surface area contributed by atoms with Crippen LogP contribution in [0, 0.1) is 5.92 Å². The van der Waals surface area contributed by atoms with Gasteiger partial charge in [-0.05, 0) is 34.1 Å². The molecule has 3 rings (SSSR count). The van der Waals surface area contributed by atoms with E-state index in [1.54, 1.807) is 18.2 Å². The lowest BCUT2D eigenvalue weighted by Gasteiger charge is -2.17. The van der Waals surface area contributed by atoms with Crippen LogP contribution in [-0.4, -0.2) is 36.6 Å². The Morgan fingerprint density at radius 1 is 1.32 bits per heavy atom. The van der Waals surface area contributed by atoms with Crippen molar-refractivity contribution in [2.24, 2.45) is 11.0 Å². The molecule has 2 aliphatic rings. The molecular formula is C13H9Br2N3O4. The molecule has 0 aromatic heterocycles. The molecule has 0 radical (unpaired) electrons. The van der Waals surface area contributed by atoms with Crippen molar-refractivity contribution >= 4 is 61.0 Å². The van der Waals surface area contributed by atoms with Crippen LogP contribution in [0.15, 0.2) is 32.2 Å². The first kappa shape index (κ1) is 15.2. The van der Waals surface area contributed by atoms with Gasteiger partial charge in [0.2, 0.25) is 5.91 Å². The number of nitrogens with zero attached hydrogens (tertiary/aromatic N) is 2. The minimum atomic E-state index is -0.963. The number of carbonyl (C=O) groups excluding carboxylic acids is 3. The van der Waals surface area contributed by atoms with Crippen LogP contribution in [-0.2, 0) is 19.1 Å². The van der Waals surface area contributed by atoms with E-state index in [-0.39, 0.29) is 5.71 Å². The fraction of sp³-hybridized carbons (Fsp3) is 0.231. The van der Waals surface area contributed by atoms with E-state index in [0.717, 1.165) is 9.37 Å². The van der Waals surface area contributed by atoms with Crippen LogP contribution in [0.5, 0.6) is 0 Å². The van der Waals surface area contributed by atoms with Crippen LogP contribution in [0.25, 0.3) is 0 Å². The molecule has 0 aliphatic carbocycles. The fourth-order valence-electron chi connectivity index (χ4n) is 2.46. The summed E-state index contributed by atoms with van der Waals surface area (Å²) in [7, 11) is 1.20. The molecule has 7 nitrogen and oxygen atoms in total. The molecule has 0 bridgehead atoms. The Balaban J connectivity index is 2.00. The van der Waals surface area contributed by atoms with Crippen LogP contribution in [0.4, 0.5) is 5.69 Å². The Bertz CT molecular complexity index is 734. The largest absolute Gasteiger partial charge is 0.464 e. The van der Waals surface area contributed by atoms with Gasteiger partial charge in [0.25, 0.3) is 5.91 Å². The highest BCUT2D eigenvalue weighted by Crippen LogP contribution is 2.36. The van der Waals surface area contributed by atoms with Crippen LogP contribution in [0.1, 0.15) is 0 Å². The molecule has 0 spiro atoms. The third-order valence-corrected chi connectivity index (χ3v) is 4.60. The third-order valence-electron chi connectivity index (χ3n) is 3.47. The fourth-order valence-corrected chi connectivity index (χ4v) is 3.69. The second-order valence-corrected chi connectivity index (χ2v) is 6.45. The van der Waals surface area contributed by atoms with Gasteiger partial charge in [0.1, 0.15) is 12.0 Å².